The quantitative estimate of drug-likeness (QED) is 0.636. The lowest BCUT2D eigenvalue weighted by Crippen LogP contribution is -2.19. The number of benzene rings is 1. The van der Waals surface area contributed by atoms with Crippen molar-refractivity contribution in [2.75, 3.05) is 5.32 Å². The molecule has 0 aliphatic carbocycles. The molecule has 2 aromatic heterocycles. The summed E-state index contributed by atoms with van der Waals surface area (Å²) in [6, 6.07) is 4.96. The molecule has 10 heteroatoms. The lowest BCUT2D eigenvalue weighted by atomic mass is 10.0. The predicted molar refractivity (Wildman–Crippen MR) is 90.5 cm³/mol. The Balaban J connectivity index is 2.25. The topological polar surface area (TPSA) is 110 Å². The molecule has 1 aromatic carbocycles. The van der Waals surface area contributed by atoms with Crippen LogP contribution in [0.2, 0.25) is 0 Å². The van der Waals surface area contributed by atoms with Gasteiger partial charge >= 0.3 is 12.2 Å². The van der Waals surface area contributed by atoms with Gasteiger partial charge < -0.3 is 16.2 Å². The number of hydrogen-bond donors (Lipinski definition) is 3. The number of nitrogens with zero attached hydrogens (tertiary/aromatic N) is 2. The van der Waals surface area contributed by atoms with E-state index in [1.165, 1.54) is 19.2 Å². The third-order valence-corrected chi connectivity index (χ3v) is 3.92. The van der Waals surface area contributed by atoms with Crippen molar-refractivity contribution in [2.45, 2.75) is 13.1 Å². The Labute approximate surface area is 150 Å². The number of primary amides is 1. The van der Waals surface area contributed by atoms with Crippen LogP contribution in [0, 0.1) is 6.92 Å². The maximum atomic E-state index is 13.1. The second-order valence-electron chi connectivity index (χ2n) is 5.73. The van der Waals surface area contributed by atoms with Gasteiger partial charge in [0.05, 0.1) is 11.1 Å². The van der Waals surface area contributed by atoms with Crippen LogP contribution in [0.15, 0.2) is 36.5 Å². The first-order valence-electron chi connectivity index (χ1n) is 7.58. The van der Waals surface area contributed by atoms with Gasteiger partial charge in [-0.1, -0.05) is 6.07 Å². The van der Waals surface area contributed by atoms with Gasteiger partial charge in [0.1, 0.15) is 11.4 Å². The highest BCUT2D eigenvalue weighted by Crippen LogP contribution is 2.38. The molecule has 0 fully saturated rings. The Bertz CT molecular complexity index is 1060. The third-order valence-electron chi connectivity index (χ3n) is 3.92. The van der Waals surface area contributed by atoms with Crippen LogP contribution in [0.25, 0.3) is 10.9 Å². The monoisotopic (exact) mass is 378 g/mol. The van der Waals surface area contributed by atoms with Crippen LogP contribution in [0.4, 0.5) is 23.8 Å². The molecule has 7 nitrogen and oxygen atoms in total. The van der Waals surface area contributed by atoms with Crippen LogP contribution in [-0.2, 0) is 6.18 Å². The van der Waals surface area contributed by atoms with E-state index in [0.29, 0.717) is 10.6 Å². The second kappa shape index (κ2) is 6.31. The smallest absolute Gasteiger partial charge is 0.416 e. The summed E-state index contributed by atoms with van der Waals surface area (Å²) < 4.78 is 39.8. The van der Waals surface area contributed by atoms with Crippen LogP contribution in [0.1, 0.15) is 21.5 Å². The molecule has 0 saturated carbocycles. The molecular weight excluding hydrogens is 365 g/mol. The van der Waals surface area contributed by atoms with Gasteiger partial charge in [-0.3, -0.25) is 4.79 Å². The van der Waals surface area contributed by atoms with Crippen molar-refractivity contribution in [1.29, 1.82) is 0 Å². The van der Waals surface area contributed by atoms with Gasteiger partial charge in [0.15, 0.2) is 0 Å². The van der Waals surface area contributed by atoms with E-state index in [2.05, 4.69) is 10.3 Å². The van der Waals surface area contributed by atoms with E-state index < -0.39 is 29.6 Å². The molecule has 2 amide bonds. The largest absolute Gasteiger partial charge is 0.494 e. The Morgan fingerprint density at radius 2 is 1.96 bits per heavy atom. The predicted octanol–water partition coefficient (Wildman–Crippen LogP) is 3.25. The molecule has 140 valence electrons. The van der Waals surface area contributed by atoms with E-state index in [-0.39, 0.29) is 27.8 Å². The Morgan fingerprint density at radius 3 is 2.52 bits per heavy atom. The van der Waals surface area contributed by atoms with Crippen LogP contribution < -0.4 is 11.1 Å². The van der Waals surface area contributed by atoms with E-state index >= 15 is 0 Å². The molecule has 0 radical (unpaired) electrons. The maximum Gasteiger partial charge on any atom is 0.416 e. The van der Waals surface area contributed by atoms with Crippen LogP contribution in [0.3, 0.4) is 0 Å². The Hall–Kier alpha value is -3.56. The van der Waals surface area contributed by atoms with Gasteiger partial charge in [0.2, 0.25) is 5.88 Å². The van der Waals surface area contributed by atoms with Crippen molar-refractivity contribution < 1.29 is 27.9 Å². The molecule has 27 heavy (non-hydrogen) atoms. The number of nitrogens with two attached hydrogens (primary N) is 1. The average Bonchev–Trinajstić information content (AvgIpc) is 2.87. The zero-order chi connectivity index (χ0) is 19.9. The van der Waals surface area contributed by atoms with Gasteiger partial charge in [-0.05, 0) is 36.8 Å². The molecule has 0 aliphatic heterocycles. The number of halogens is 3. The number of fused-ring (bicyclic) bond motifs is 1. The minimum atomic E-state index is -4.68. The van der Waals surface area contributed by atoms with Crippen molar-refractivity contribution in [3.05, 3.63) is 53.2 Å². The zero-order valence-electron chi connectivity index (χ0n) is 13.8. The summed E-state index contributed by atoms with van der Waals surface area (Å²) in [6.45, 7) is 1.33. The van der Waals surface area contributed by atoms with E-state index in [1.807, 2.05) is 0 Å². The summed E-state index contributed by atoms with van der Waals surface area (Å²) in [4.78, 5) is 28.2. The van der Waals surface area contributed by atoms with Crippen molar-refractivity contribution in [2.24, 2.45) is 5.73 Å². The highest BCUT2D eigenvalue weighted by Gasteiger charge is 2.34. The van der Waals surface area contributed by atoms with Crippen molar-refractivity contribution in [1.82, 2.24) is 9.55 Å². The molecule has 3 rings (SSSR count). The van der Waals surface area contributed by atoms with Gasteiger partial charge in [0.25, 0.3) is 5.91 Å². The number of alkyl halides is 3. The van der Waals surface area contributed by atoms with Crippen molar-refractivity contribution in [3.8, 4) is 5.88 Å². The minimum Gasteiger partial charge on any atom is -0.494 e. The van der Waals surface area contributed by atoms with E-state index in [4.69, 9.17) is 5.73 Å². The lowest BCUT2D eigenvalue weighted by molar-refractivity contribution is -0.137. The summed E-state index contributed by atoms with van der Waals surface area (Å²) in [7, 11) is 0. The third kappa shape index (κ3) is 3.16. The number of anilines is 1. The maximum absolute atomic E-state index is 13.1. The van der Waals surface area contributed by atoms with Gasteiger partial charge in [0, 0.05) is 11.6 Å². The first kappa shape index (κ1) is 18.2. The fourth-order valence-corrected chi connectivity index (χ4v) is 2.83. The fourth-order valence-electron chi connectivity index (χ4n) is 2.83. The Kier molecular flexibility index (Phi) is 4.26. The molecule has 3 aromatic rings. The molecule has 0 atom stereocenters. The van der Waals surface area contributed by atoms with E-state index in [1.54, 1.807) is 12.1 Å². The Morgan fingerprint density at radius 1 is 1.26 bits per heavy atom. The number of rotatable bonds is 2. The first-order valence-corrected chi connectivity index (χ1v) is 7.58. The molecule has 0 saturated heterocycles. The summed E-state index contributed by atoms with van der Waals surface area (Å²) in [5.41, 5.74) is 3.50. The number of aryl methyl sites for hydroxylation is 1. The van der Waals surface area contributed by atoms with Crippen molar-refractivity contribution >= 4 is 28.7 Å². The first-order chi connectivity index (χ1) is 12.6. The van der Waals surface area contributed by atoms with E-state index in [9.17, 15) is 27.9 Å². The highest BCUT2D eigenvalue weighted by atomic mass is 19.4. The lowest BCUT2D eigenvalue weighted by Gasteiger charge is -2.10. The number of hydrogen-bond acceptors (Lipinski definition) is 4. The van der Waals surface area contributed by atoms with Gasteiger partial charge in [-0.25, -0.2) is 14.3 Å². The normalized spacial score (nSPS) is 11.6. The van der Waals surface area contributed by atoms with Crippen LogP contribution in [-0.4, -0.2) is 26.6 Å². The number of carbonyl (C=O) groups is 2. The number of carbonyl (C=O) groups excluding carboxylic acids is 2. The molecule has 0 unspecified atom stereocenters. The van der Waals surface area contributed by atoms with Gasteiger partial charge in [-0.15, -0.1) is 0 Å². The standard InChI is InChI=1S/C17H13F3N4O3/c1-8-6-9(17(18,19)20)7-10-12(8)13(15(26)24(10)16(21)27)14(25)23-11-4-2-3-5-22-11/h2-7,26H,1H3,(H2,21,27)(H,22,23,25). The van der Waals surface area contributed by atoms with Crippen LogP contribution >= 0.6 is 0 Å². The van der Waals surface area contributed by atoms with Crippen molar-refractivity contribution in [3.63, 3.8) is 0 Å². The molecule has 4 N–H and O–H groups in total. The van der Waals surface area contributed by atoms with Gasteiger partial charge in [-0.2, -0.15) is 13.2 Å². The summed E-state index contributed by atoms with van der Waals surface area (Å²) in [5.74, 6) is -1.54. The summed E-state index contributed by atoms with van der Waals surface area (Å²) >= 11 is 0. The average molecular weight is 378 g/mol. The molecular formula is C17H13F3N4O3. The summed E-state index contributed by atoms with van der Waals surface area (Å²) in [6.07, 6.45) is -3.26. The SMILES string of the molecule is Cc1cc(C(F)(F)F)cc2c1c(C(=O)Nc1ccccn1)c(O)n2C(N)=O. The second-order valence-corrected chi connectivity index (χ2v) is 5.73. The molecule has 2 heterocycles. The number of nitrogens with one attached hydrogen (secondary N) is 1. The highest BCUT2D eigenvalue weighted by molar-refractivity contribution is 6.17. The fraction of sp³-hybridized carbons (Fsp3) is 0.118. The molecule has 0 bridgehead atoms. The molecule has 0 spiro atoms. The molecule has 0 aliphatic rings. The zero-order valence-corrected chi connectivity index (χ0v) is 13.8. The van der Waals surface area contributed by atoms with E-state index in [0.717, 1.165) is 6.07 Å². The summed E-state index contributed by atoms with van der Waals surface area (Å²) in [5, 5.41) is 12.7. The number of amides is 2. The number of aromatic nitrogens is 2. The minimum absolute atomic E-state index is 0.0206. The van der Waals surface area contributed by atoms with Crippen LogP contribution in [0.5, 0.6) is 5.88 Å². The number of aromatic hydroxyl groups is 1. The number of pyridine rings is 1.